The minimum atomic E-state index is -0.181. The molecule has 0 radical (unpaired) electrons. The molecule has 2 rings (SSSR count). The van der Waals surface area contributed by atoms with Crippen molar-refractivity contribution in [1.29, 1.82) is 0 Å². The topological polar surface area (TPSA) is 56.8 Å². The SMILES string of the molecule is COc1ccc(CNC(=O)COc2ccc(C(C)(C)C)cc2)cc1OC. The Morgan fingerprint density at radius 3 is 2.19 bits per heavy atom. The van der Waals surface area contributed by atoms with Crippen LogP contribution in [-0.2, 0) is 16.8 Å². The number of carbonyl (C=O) groups excluding carboxylic acids is 1. The van der Waals surface area contributed by atoms with Gasteiger partial charge in [0.2, 0.25) is 0 Å². The fourth-order valence-corrected chi connectivity index (χ4v) is 2.44. The second-order valence-corrected chi connectivity index (χ2v) is 7.03. The van der Waals surface area contributed by atoms with Crippen molar-refractivity contribution in [1.82, 2.24) is 5.32 Å². The third-order valence-corrected chi connectivity index (χ3v) is 4.03. The van der Waals surface area contributed by atoms with Gasteiger partial charge in [-0.25, -0.2) is 0 Å². The first kappa shape index (κ1) is 19.6. The highest BCUT2D eigenvalue weighted by Crippen LogP contribution is 2.27. The van der Waals surface area contributed by atoms with E-state index in [1.54, 1.807) is 14.2 Å². The molecule has 0 aromatic heterocycles. The lowest BCUT2D eigenvalue weighted by atomic mass is 9.87. The predicted molar refractivity (Wildman–Crippen MR) is 102 cm³/mol. The van der Waals surface area contributed by atoms with Crippen molar-refractivity contribution in [2.45, 2.75) is 32.7 Å². The zero-order valence-corrected chi connectivity index (χ0v) is 16.1. The molecule has 2 aromatic rings. The van der Waals surface area contributed by atoms with Crippen LogP contribution in [0, 0.1) is 0 Å². The number of nitrogens with one attached hydrogen (secondary N) is 1. The molecule has 0 unspecified atom stereocenters. The van der Waals surface area contributed by atoms with E-state index in [0.717, 1.165) is 5.56 Å². The predicted octanol–water partition coefficient (Wildman–Crippen LogP) is 3.70. The maximum Gasteiger partial charge on any atom is 0.258 e. The van der Waals surface area contributed by atoms with Gasteiger partial charge in [0.1, 0.15) is 5.75 Å². The van der Waals surface area contributed by atoms with E-state index in [2.05, 4.69) is 26.1 Å². The van der Waals surface area contributed by atoms with Crippen molar-refractivity contribution in [2.75, 3.05) is 20.8 Å². The summed E-state index contributed by atoms with van der Waals surface area (Å²) >= 11 is 0. The lowest BCUT2D eigenvalue weighted by Gasteiger charge is -2.19. The third kappa shape index (κ3) is 5.41. The van der Waals surface area contributed by atoms with Crippen LogP contribution in [0.25, 0.3) is 0 Å². The second kappa shape index (κ2) is 8.61. The highest BCUT2D eigenvalue weighted by Gasteiger charge is 2.13. The van der Waals surface area contributed by atoms with E-state index >= 15 is 0 Å². The van der Waals surface area contributed by atoms with Crippen molar-refractivity contribution in [3.63, 3.8) is 0 Å². The van der Waals surface area contributed by atoms with Crippen LogP contribution in [0.2, 0.25) is 0 Å². The maximum atomic E-state index is 12.0. The average Bonchev–Trinajstić information content (AvgIpc) is 2.64. The van der Waals surface area contributed by atoms with Crippen molar-refractivity contribution in [3.8, 4) is 17.2 Å². The molecule has 0 aliphatic rings. The lowest BCUT2D eigenvalue weighted by Crippen LogP contribution is -2.28. The molecule has 0 saturated carbocycles. The molecule has 0 fully saturated rings. The number of methoxy groups -OCH3 is 2. The van der Waals surface area contributed by atoms with E-state index in [-0.39, 0.29) is 17.9 Å². The number of benzene rings is 2. The Hall–Kier alpha value is -2.69. The first-order valence-electron chi connectivity index (χ1n) is 8.54. The van der Waals surface area contributed by atoms with Gasteiger partial charge in [-0.2, -0.15) is 0 Å². The van der Waals surface area contributed by atoms with Gasteiger partial charge in [0.25, 0.3) is 5.91 Å². The molecule has 26 heavy (non-hydrogen) atoms. The summed E-state index contributed by atoms with van der Waals surface area (Å²) in [5, 5.41) is 2.83. The minimum Gasteiger partial charge on any atom is -0.493 e. The number of carbonyl (C=O) groups is 1. The van der Waals surface area contributed by atoms with Gasteiger partial charge in [0.05, 0.1) is 14.2 Å². The molecule has 5 heteroatoms. The smallest absolute Gasteiger partial charge is 0.258 e. The number of hydrogen-bond donors (Lipinski definition) is 1. The van der Waals surface area contributed by atoms with Crippen molar-refractivity contribution in [3.05, 3.63) is 53.6 Å². The maximum absolute atomic E-state index is 12.0. The average molecular weight is 357 g/mol. The number of hydrogen-bond acceptors (Lipinski definition) is 4. The Morgan fingerprint density at radius 2 is 1.62 bits per heavy atom. The summed E-state index contributed by atoms with van der Waals surface area (Å²) in [6, 6.07) is 13.4. The molecule has 1 N–H and O–H groups in total. The van der Waals surface area contributed by atoms with Crippen LogP contribution in [0.3, 0.4) is 0 Å². The normalized spacial score (nSPS) is 11.0. The fourth-order valence-electron chi connectivity index (χ4n) is 2.44. The molecular weight excluding hydrogens is 330 g/mol. The van der Waals surface area contributed by atoms with E-state index in [4.69, 9.17) is 14.2 Å². The summed E-state index contributed by atoms with van der Waals surface area (Å²) < 4.78 is 16.0. The number of ether oxygens (including phenoxy) is 3. The van der Waals surface area contributed by atoms with Crippen LogP contribution in [0.15, 0.2) is 42.5 Å². The first-order chi connectivity index (χ1) is 12.3. The summed E-state index contributed by atoms with van der Waals surface area (Å²) in [7, 11) is 3.17. The van der Waals surface area contributed by atoms with Crippen molar-refractivity contribution in [2.24, 2.45) is 0 Å². The monoisotopic (exact) mass is 357 g/mol. The van der Waals surface area contributed by atoms with Gasteiger partial charge < -0.3 is 19.5 Å². The second-order valence-electron chi connectivity index (χ2n) is 7.03. The quantitative estimate of drug-likeness (QED) is 0.821. The molecule has 0 heterocycles. The summed E-state index contributed by atoms with van der Waals surface area (Å²) in [6.45, 7) is 6.84. The van der Waals surface area contributed by atoms with E-state index in [9.17, 15) is 4.79 Å². The first-order valence-corrected chi connectivity index (χ1v) is 8.54. The van der Waals surface area contributed by atoms with Gasteiger partial charge in [-0.15, -0.1) is 0 Å². The summed E-state index contributed by atoms with van der Waals surface area (Å²) in [4.78, 5) is 12.0. The number of rotatable bonds is 7. The summed E-state index contributed by atoms with van der Waals surface area (Å²) in [5.41, 5.74) is 2.24. The zero-order valence-electron chi connectivity index (χ0n) is 16.1. The van der Waals surface area contributed by atoms with Crippen molar-refractivity contribution < 1.29 is 19.0 Å². The third-order valence-electron chi connectivity index (χ3n) is 4.03. The Labute approximate surface area is 155 Å². The lowest BCUT2D eigenvalue weighted by molar-refractivity contribution is -0.123. The van der Waals surface area contributed by atoms with Crippen LogP contribution in [0.1, 0.15) is 31.9 Å². The van der Waals surface area contributed by atoms with Gasteiger partial charge in [0, 0.05) is 6.54 Å². The summed E-state index contributed by atoms with van der Waals surface area (Å²) in [6.07, 6.45) is 0. The molecule has 0 spiro atoms. The van der Waals surface area contributed by atoms with Crippen LogP contribution in [-0.4, -0.2) is 26.7 Å². The Morgan fingerprint density at radius 1 is 0.962 bits per heavy atom. The molecule has 2 aromatic carbocycles. The molecular formula is C21H27NO4. The molecule has 140 valence electrons. The number of amides is 1. The molecule has 0 saturated heterocycles. The summed E-state index contributed by atoms with van der Waals surface area (Å²) in [5.74, 6) is 1.79. The van der Waals surface area contributed by atoms with Gasteiger partial charge in [0.15, 0.2) is 18.1 Å². The van der Waals surface area contributed by atoms with Crippen LogP contribution in [0.5, 0.6) is 17.2 Å². The van der Waals surface area contributed by atoms with Gasteiger partial charge >= 0.3 is 0 Å². The van der Waals surface area contributed by atoms with Crippen LogP contribution in [0.4, 0.5) is 0 Å². The molecule has 0 aliphatic carbocycles. The molecule has 0 aliphatic heterocycles. The van der Waals surface area contributed by atoms with Gasteiger partial charge in [-0.1, -0.05) is 39.0 Å². The standard InChI is InChI=1S/C21H27NO4/c1-21(2,3)16-7-9-17(10-8-16)26-14-20(23)22-13-15-6-11-18(24-4)19(12-15)25-5/h6-12H,13-14H2,1-5H3,(H,22,23). The highest BCUT2D eigenvalue weighted by molar-refractivity contribution is 5.77. The van der Waals surface area contributed by atoms with E-state index in [0.29, 0.717) is 23.8 Å². The molecule has 1 amide bonds. The Balaban J connectivity index is 1.84. The van der Waals surface area contributed by atoms with E-state index in [1.807, 2.05) is 42.5 Å². The highest BCUT2D eigenvalue weighted by atomic mass is 16.5. The van der Waals surface area contributed by atoms with E-state index in [1.165, 1.54) is 5.56 Å². The largest absolute Gasteiger partial charge is 0.493 e. The zero-order chi connectivity index (χ0) is 19.2. The molecule has 0 atom stereocenters. The van der Waals surface area contributed by atoms with Gasteiger partial charge in [-0.3, -0.25) is 4.79 Å². The van der Waals surface area contributed by atoms with Crippen LogP contribution >= 0.6 is 0 Å². The molecule has 0 bridgehead atoms. The van der Waals surface area contributed by atoms with Crippen LogP contribution < -0.4 is 19.5 Å². The van der Waals surface area contributed by atoms with Gasteiger partial charge in [-0.05, 0) is 40.8 Å². The Bertz CT molecular complexity index is 733. The van der Waals surface area contributed by atoms with E-state index < -0.39 is 0 Å². The molecule has 5 nitrogen and oxygen atoms in total. The van der Waals surface area contributed by atoms with Crippen molar-refractivity contribution >= 4 is 5.91 Å². The Kier molecular flexibility index (Phi) is 6.50. The minimum absolute atomic E-state index is 0.0256. The fraction of sp³-hybridized carbons (Fsp3) is 0.381.